The summed E-state index contributed by atoms with van der Waals surface area (Å²) in [5.41, 5.74) is 0.897. The van der Waals surface area contributed by atoms with Crippen molar-refractivity contribution in [1.82, 2.24) is 15.5 Å². The SMILES string of the molecule is O=C(Cc1ccoc1)NC1CCCN(c2cccnn2)C1. The first-order valence-electron chi connectivity index (χ1n) is 7.14. The van der Waals surface area contributed by atoms with Gasteiger partial charge in [-0.1, -0.05) is 0 Å². The van der Waals surface area contributed by atoms with Gasteiger partial charge in [0.1, 0.15) is 0 Å². The Balaban J connectivity index is 1.55. The minimum absolute atomic E-state index is 0.0300. The van der Waals surface area contributed by atoms with E-state index < -0.39 is 0 Å². The van der Waals surface area contributed by atoms with Crippen LogP contribution in [0.15, 0.2) is 41.3 Å². The highest BCUT2D eigenvalue weighted by atomic mass is 16.3. The summed E-state index contributed by atoms with van der Waals surface area (Å²) in [6.07, 6.45) is 7.24. The van der Waals surface area contributed by atoms with Gasteiger partial charge in [0.05, 0.1) is 18.9 Å². The van der Waals surface area contributed by atoms with Crippen molar-refractivity contribution in [2.24, 2.45) is 0 Å². The van der Waals surface area contributed by atoms with Crippen LogP contribution >= 0.6 is 0 Å². The predicted molar refractivity (Wildman–Crippen MR) is 77.8 cm³/mol. The van der Waals surface area contributed by atoms with Crippen LogP contribution in [-0.2, 0) is 11.2 Å². The van der Waals surface area contributed by atoms with Gasteiger partial charge in [-0.2, -0.15) is 5.10 Å². The van der Waals surface area contributed by atoms with E-state index in [4.69, 9.17) is 4.42 Å². The van der Waals surface area contributed by atoms with Crippen molar-refractivity contribution in [2.45, 2.75) is 25.3 Å². The van der Waals surface area contributed by atoms with Crippen molar-refractivity contribution in [1.29, 1.82) is 0 Å². The lowest BCUT2D eigenvalue weighted by molar-refractivity contribution is -0.121. The number of piperidine rings is 1. The van der Waals surface area contributed by atoms with Gasteiger partial charge in [-0.05, 0) is 36.6 Å². The van der Waals surface area contributed by atoms with Crippen LogP contribution in [0.5, 0.6) is 0 Å². The summed E-state index contributed by atoms with van der Waals surface area (Å²) in [7, 11) is 0. The molecular formula is C15H18N4O2. The first-order valence-corrected chi connectivity index (χ1v) is 7.14. The van der Waals surface area contributed by atoms with Gasteiger partial charge >= 0.3 is 0 Å². The number of aromatic nitrogens is 2. The topological polar surface area (TPSA) is 71.3 Å². The maximum Gasteiger partial charge on any atom is 0.224 e. The van der Waals surface area contributed by atoms with E-state index in [-0.39, 0.29) is 11.9 Å². The second-order valence-electron chi connectivity index (χ2n) is 5.24. The van der Waals surface area contributed by atoms with E-state index in [0.717, 1.165) is 37.3 Å². The molecule has 0 spiro atoms. The number of rotatable bonds is 4. The zero-order valence-corrected chi connectivity index (χ0v) is 11.7. The van der Waals surface area contributed by atoms with Crippen LogP contribution in [0.2, 0.25) is 0 Å². The lowest BCUT2D eigenvalue weighted by Crippen LogP contribution is -2.48. The molecule has 1 aliphatic heterocycles. The summed E-state index contributed by atoms with van der Waals surface area (Å²) in [5, 5.41) is 11.1. The molecule has 3 rings (SSSR count). The molecule has 1 aliphatic rings. The number of carbonyl (C=O) groups excluding carboxylic acids is 1. The molecule has 1 fully saturated rings. The van der Waals surface area contributed by atoms with Crippen LogP contribution in [0.3, 0.4) is 0 Å². The number of furan rings is 1. The Hall–Kier alpha value is -2.37. The molecule has 1 atom stereocenters. The molecule has 0 aliphatic carbocycles. The van der Waals surface area contributed by atoms with E-state index in [0.29, 0.717) is 6.42 Å². The van der Waals surface area contributed by atoms with Crippen molar-refractivity contribution < 1.29 is 9.21 Å². The maximum atomic E-state index is 12.0. The molecule has 110 valence electrons. The van der Waals surface area contributed by atoms with E-state index in [9.17, 15) is 4.79 Å². The lowest BCUT2D eigenvalue weighted by Gasteiger charge is -2.33. The first kappa shape index (κ1) is 13.6. The minimum Gasteiger partial charge on any atom is -0.472 e. The quantitative estimate of drug-likeness (QED) is 0.920. The Morgan fingerprint density at radius 1 is 1.48 bits per heavy atom. The average molecular weight is 286 g/mol. The summed E-state index contributed by atoms with van der Waals surface area (Å²) < 4.78 is 4.98. The number of hydrogen-bond acceptors (Lipinski definition) is 5. The molecule has 0 bridgehead atoms. The third-order valence-corrected chi connectivity index (χ3v) is 3.61. The van der Waals surface area contributed by atoms with Gasteiger partial charge in [0.15, 0.2) is 5.82 Å². The smallest absolute Gasteiger partial charge is 0.224 e. The third-order valence-electron chi connectivity index (χ3n) is 3.61. The Labute approximate surface area is 123 Å². The number of carbonyl (C=O) groups is 1. The molecule has 6 heteroatoms. The highest BCUT2D eigenvalue weighted by Gasteiger charge is 2.22. The fourth-order valence-electron chi connectivity index (χ4n) is 2.62. The summed E-state index contributed by atoms with van der Waals surface area (Å²) in [6, 6.07) is 5.79. The Morgan fingerprint density at radius 2 is 2.43 bits per heavy atom. The van der Waals surface area contributed by atoms with E-state index in [2.05, 4.69) is 20.4 Å². The average Bonchev–Trinajstić information content (AvgIpc) is 3.01. The van der Waals surface area contributed by atoms with Gasteiger partial charge in [-0.15, -0.1) is 5.10 Å². The van der Waals surface area contributed by atoms with Crippen LogP contribution in [0, 0.1) is 0 Å². The van der Waals surface area contributed by atoms with Crippen LogP contribution < -0.4 is 10.2 Å². The van der Waals surface area contributed by atoms with Crippen LogP contribution in [0.1, 0.15) is 18.4 Å². The van der Waals surface area contributed by atoms with Gasteiger partial charge in [-0.3, -0.25) is 4.79 Å². The molecule has 0 radical (unpaired) electrons. The van der Waals surface area contributed by atoms with E-state index >= 15 is 0 Å². The molecule has 6 nitrogen and oxygen atoms in total. The van der Waals surface area contributed by atoms with Crippen molar-refractivity contribution in [3.8, 4) is 0 Å². The second-order valence-corrected chi connectivity index (χ2v) is 5.24. The third kappa shape index (κ3) is 3.59. The molecule has 21 heavy (non-hydrogen) atoms. The summed E-state index contributed by atoms with van der Waals surface area (Å²) in [5.74, 6) is 0.897. The van der Waals surface area contributed by atoms with Crippen molar-refractivity contribution in [2.75, 3.05) is 18.0 Å². The Kier molecular flexibility index (Phi) is 4.14. The summed E-state index contributed by atoms with van der Waals surface area (Å²) >= 11 is 0. The summed E-state index contributed by atoms with van der Waals surface area (Å²) in [4.78, 5) is 14.2. The van der Waals surface area contributed by atoms with Gasteiger partial charge in [0.25, 0.3) is 0 Å². The highest BCUT2D eigenvalue weighted by molar-refractivity contribution is 5.78. The monoisotopic (exact) mass is 286 g/mol. The molecule has 1 unspecified atom stereocenters. The van der Waals surface area contributed by atoms with Crippen LogP contribution in [0.4, 0.5) is 5.82 Å². The number of nitrogens with one attached hydrogen (secondary N) is 1. The van der Waals surface area contributed by atoms with E-state index in [1.807, 2.05) is 18.2 Å². The van der Waals surface area contributed by atoms with Gasteiger partial charge in [-0.25, -0.2) is 0 Å². The molecule has 3 heterocycles. The van der Waals surface area contributed by atoms with Gasteiger partial charge in [0, 0.05) is 25.3 Å². The number of nitrogens with zero attached hydrogens (tertiary/aromatic N) is 3. The first-order chi connectivity index (χ1) is 10.3. The molecular weight excluding hydrogens is 268 g/mol. The fraction of sp³-hybridized carbons (Fsp3) is 0.400. The van der Waals surface area contributed by atoms with Crippen molar-refractivity contribution in [3.63, 3.8) is 0 Å². The predicted octanol–water partition coefficient (Wildman–Crippen LogP) is 1.40. The van der Waals surface area contributed by atoms with E-state index in [1.165, 1.54) is 0 Å². The normalized spacial score (nSPS) is 18.5. The Morgan fingerprint density at radius 3 is 3.19 bits per heavy atom. The highest BCUT2D eigenvalue weighted by Crippen LogP contribution is 2.16. The zero-order valence-electron chi connectivity index (χ0n) is 11.7. The second kappa shape index (κ2) is 6.39. The standard InChI is InChI=1S/C15H18N4O2/c20-15(9-12-5-8-21-11-12)17-13-3-2-7-19(10-13)14-4-1-6-16-18-14/h1,4-6,8,11,13H,2-3,7,9-10H2,(H,17,20). The molecule has 1 N–H and O–H groups in total. The fourth-order valence-corrected chi connectivity index (χ4v) is 2.62. The van der Waals surface area contributed by atoms with Crippen molar-refractivity contribution >= 4 is 11.7 Å². The largest absolute Gasteiger partial charge is 0.472 e. The molecule has 1 saturated heterocycles. The summed E-state index contributed by atoms with van der Waals surface area (Å²) in [6.45, 7) is 1.72. The number of hydrogen-bond donors (Lipinski definition) is 1. The van der Waals surface area contributed by atoms with Gasteiger partial charge in [0.2, 0.25) is 5.91 Å². The Bertz CT molecular complexity index is 571. The minimum atomic E-state index is 0.0300. The van der Waals surface area contributed by atoms with Gasteiger partial charge < -0.3 is 14.6 Å². The number of amides is 1. The van der Waals surface area contributed by atoms with Crippen molar-refractivity contribution in [3.05, 3.63) is 42.5 Å². The zero-order chi connectivity index (χ0) is 14.5. The molecule has 2 aromatic rings. The lowest BCUT2D eigenvalue weighted by atomic mass is 10.1. The number of anilines is 1. The van der Waals surface area contributed by atoms with Crippen LogP contribution in [-0.4, -0.2) is 35.2 Å². The molecule has 1 amide bonds. The van der Waals surface area contributed by atoms with E-state index in [1.54, 1.807) is 18.7 Å². The molecule has 2 aromatic heterocycles. The molecule has 0 aromatic carbocycles. The van der Waals surface area contributed by atoms with Crippen LogP contribution in [0.25, 0.3) is 0 Å². The molecule has 0 saturated carbocycles. The maximum absolute atomic E-state index is 12.0.